The van der Waals surface area contributed by atoms with Crippen LogP contribution >= 0.6 is 0 Å². The van der Waals surface area contributed by atoms with Gasteiger partial charge in [0.25, 0.3) is 0 Å². The predicted molar refractivity (Wildman–Crippen MR) is 136 cm³/mol. The summed E-state index contributed by atoms with van der Waals surface area (Å²) in [6.45, 7) is -0.0937. The summed E-state index contributed by atoms with van der Waals surface area (Å²) < 4.78 is 0. The Morgan fingerprint density at radius 2 is 0.735 bits per heavy atom. The van der Waals surface area contributed by atoms with Gasteiger partial charge in [0.15, 0.2) is 5.78 Å². The summed E-state index contributed by atoms with van der Waals surface area (Å²) >= 11 is 0. The molecule has 3 heteroatoms. The highest BCUT2D eigenvalue weighted by Gasteiger charge is 2.35. The number of allylic oxidation sites excluding steroid dienone is 4. The van der Waals surface area contributed by atoms with Crippen LogP contribution in [0.1, 0.15) is 33.4 Å². The third kappa shape index (κ3) is 3.92. The van der Waals surface area contributed by atoms with Gasteiger partial charge in [-0.25, -0.2) is 0 Å². The van der Waals surface area contributed by atoms with E-state index in [-0.39, 0.29) is 19.0 Å². The van der Waals surface area contributed by atoms with Crippen molar-refractivity contribution in [3.8, 4) is 0 Å². The minimum absolute atomic E-state index is 0.0359. The summed E-state index contributed by atoms with van der Waals surface area (Å²) in [5, 5.41) is 19.0. The fourth-order valence-corrected chi connectivity index (χ4v) is 4.49. The van der Waals surface area contributed by atoms with Crippen LogP contribution in [0, 0.1) is 0 Å². The highest BCUT2D eigenvalue weighted by Crippen LogP contribution is 2.49. The Hall–Kier alpha value is -4.05. The molecule has 1 aliphatic carbocycles. The standard InChI is InChI=1S/C31H24O3/c32-19-21-11-15-25(16-12-21)29-27(23-7-3-1-4-8-23)28(24-9-5-2-6-10-24)30(31(29)34)26-17-13-22(20-33)14-18-26/h1-18,32-33H,19-20H2. The quantitative estimate of drug-likeness (QED) is 0.397. The molecule has 4 aromatic carbocycles. The van der Waals surface area contributed by atoms with Crippen LogP contribution in [-0.4, -0.2) is 16.0 Å². The first-order chi connectivity index (χ1) is 16.7. The average Bonchev–Trinajstić information content (AvgIpc) is 3.22. The maximum absolute atomic E-state index is 14.2. The molecule has 0 aromatic heterocycles. The third-order valence-electron chi connectivity index (χ3n) is 6.18. The van der Waals surface area contributed by atoms with Gasteiger partial charge in [0.05, 0.1) is 13.2 Å². The van der Waals surface area contributed by atoms with Crippen LogP contribution in [0.4, 0.5) is 0 Å². The topological polar surface area (TPSA) is 57.5 Å². The zero-order chi connectivity index (χ0) is 23.5. The molecule has 3 nitrogen and oxygen atoms in total. The number of benzene rings is 4. The number of carbonyl (C=O) groups excluding carboxylic acids is 1. The van der Waals surface area contributed by atoms with Crippen molar-refractivity contribution in [2.45, 2.75) is 13.2 Å². The molecule has 0 bridgehead atoms. The van der Waals surface area contributed by atoms with Crippen LogP contribution < -0.4 is 0 Å². The summed E-state index contributed by atoms with van der Waals surface area (Å²) in [5.41, 5.74) is 8.26. The lowest BCUT2D eigenvalue weighted by Crippen LogP contribution is -2.02. The van der Waals surface area contributed by atoms with Crippen LogP contribution in [0.3, 0.4) is 0 Å². The zero-order valence-corrected chi connectivity index (χ0v) is 18.6. The molecule has 34 heavy (non-hydrogen) atoms. The van der Waals surface area contributed by atoms with Gasteiger partial charge < -0.3 is 10.2 Å². The molecule has 4 aromatic rings. The minimum atomic E-state index is -0.0468. The Morgan fingerprint density at radius 3 is 1.06 bits per heavy atom. The van der Waals surface area contributed by atoms with Gasteiger partial charge in [-0.05, 0) is 33.4 Å². The van der Waals surface area contributed by atoms with E-state index in [9.17, 15) is 15.0 Å². The van der Waals surface area contributed by atoms with Gasteiger partial charge >= 0.3 is 0 Å². The lowest BCUT2D eigenvalue weighted by molar-refractivity contribution is -0.108. The molecule has 0 saturated heterocycles. The van der Waals surface area contributed by atoms with Crippen molar-refractivity contribution in [2.75, 3.05) is 0 Å². The molecular weight excluding hydrogens is 420 g/mol. The molecule has 0 unspecified atom stereocenters. The maximum Gasteiger partial charge on any atom is 0.195 e. The first-order valence-electron chi connectivity index (χ1n) is 11.3. The Bertz CT molecular complexity index is 1270. The van der Waals surface area contributed by atoms with E-state index in [1.807, 2.05) is 109 Å². The van der Waals surface area contributed by atoms with Crippen molar-refractivity contribution < 1.29 is 15.0 Å². The van der Waals surface area contributed by atoms with Crippen molar-refractivity contribution in [3.05, 3.63) is 143 Å². The average molecular weight is 445 g/mol. The second-order valence-corrected chi connectivity index (χ2v) is 8.27. The smallest absolute Gasteiger partial charge is 0.195 e. The second kappa shape index (κ2) is 9.44. The van der Waals surface area contributed by atoms with Crippen LogP contribution in [0.25, 0.3) is 22.3 Å². The first-order valence-corrected chi connectivity index (χ1v) is 11.3. The fraction of sp³-hybridized carbons (Fsp3) is 0.0645. The van der Waals surface area contributed by atoms with Gasteiger partial charge in [-0.3, -0.25) is 4.79 Å². The molecule has 166 valence electrons. The lowest BCUT2D eigenvalue weighted by Gasteiger charge is -2.13. The second-order valence-electron chi connectivity index (χ2n) is 8.27. The Balaban J connectivity index is 1.81. The van der Waals surface area contributed by atoms with Crippen molar-refractivity contribution in [1.29, 1.82) is 0 Å². The van der Waals surface area contributed by atoms with E-state index in [2.05, 4.69) is 0 Å². The van der Waals surface area contributed by atoms with Crippen molar-refractivity contribution in [3.63, 3.8) is 0 Å². The van der Waals surface area contributed by atoms with E-state index in [1.165, 1.54) is 0 Å². The highest BCUT2D eigenvalue weighted by atomic mass is 16.3. The molecule has 0 aliphatic heterocycles. The zero-order valence-electron chi connectivity index (χ0n) is 18.6. The Kier molecular flexibility index (Phi) is 6.05. The van der Waals surface area contributed by atoms with Crippen LogP contribution in [0.2, 0.25) is 0 Å². The van der Waals surface area contributed by atoms with E-state index in [0.29, 0.717) is 11.1 Å². The maximum atomic E-state index is 14.2. The lowest BCUT2D eigenvalue weighted by atomic mass is 9.89. The Labute approximate surface area is 199 Å². The van der Waals surface area contributed by atoms with Gasteiger partial charge in [-0.2, -0.15) is 0 Å². The van der Waals surface area contributed by atoms with Crippen molar-refractivity contribution in [1.82, 2.24) is 0 Å². The van der Waals surface area contributed by atoms with Gasteiger partial charge in [0.2, 0.25) is 0 Å². The van der Waals surface area contributed by atoms with E-state index in [1.54, 1.807) is 0 Å². The van der Waals surface area contributed by atoms with Crippen LogP contribution in [0.15, 0.2) is 109 Å². The van der Waals surface area contributed by atoms with Gasteiger partial charge in [-0.1, -0.05) is 109 Å². The number of carbonyl (C=O) groups is 1. The van der Waals surface area contributed by atoms with Gasteiger partial charge in [0.1, 0.15) is 0 Å². The summed E-state index contributed by atoms with van der Waals surface area (Å²) in [5.74, 6) is -0.0359. The number of rotatable bonds is 6. The molecular formula is C31H24O3. The summed E-state index contributed by atoms with van der Waals surface area (Å²) in [7, 11) is 0. The number of hydrogen-bond donors (Lipinski definition) is 2. The normalized spacial score (nSPS) is 13.6. The monoisotopic (exact) mass is 444 g/mol. The van der Waals surface area contributed by atoms with Crippen LogP contribution in [-0.2, 0) is 18.0 Å². The number of hydrogen-bond acceptors (Lipinski definition) is 3. The fourth-order valence-electron chi connectivity index (χ4n) is 4.49. The molecule has 1 aliphatic rings. The SMILES string of the molecule is O=C1C(c2ccc(CO)cc2)=C(c2ccccc2)C(c2ccccc2)=C1c1ccc(CO)cc1. The molecule has 0 heterocycles. The van der Waals surface area contributed by atoms with Crippen molar-refractivity contribution >= 4 is 28.1 Å². The van der Waals surface area contributed by atoms with Gasteiger partial charge in [0, 0.05) is 22.3 Å². The molecule has 0 fully saturated rings. The summed E-state index contributed by atoms with van der Waals surface area (Å²) in [4.78, 5) is 14.2. The largest absolute Gasteiger partial charge is 0.392 e. The number of ketones is 1. The summed E-state index contributed by atoms with van der Waals surface area (Å²) in [6.07, 6.45) is 0. The Morgan fingerprint density at radius 1 is 0.412 bits per heavy atom. The third-order valence-corrected chi connectivity index (χ3v) is 6.18. The van der Waals surface area contributed by atoms with E-state index in [4.69, 9.17) is 0 Å². The molecule has 0 saturated carbocycles. The molecule has 2 N–H and O–H groups in total. The van der Waals surface area contributed by atoms with Crippen LogP contribution in [0.5, 0.6) is 0 Å². The van der Waals surface area contributed by atoms with E-state index >= 15 is 0 Å². The summed E-state index contributed by atoms with van der Waals surface area (Å²) in [6, 6.07) is 35.0. The molecule has 0 amide bonds. The van der Waals surface area contributed by atoms with Crippen molar-refractivity contribution in [2.24, 2.45) is 0 Å². The number of aliphatic hydroxyl groups excluding tert-OH is 2. The predicted octanol–water partition coefficient (Wildman–Crippen LogP) is 5.78. The molecule has 0 spiro atoms. The van der Waals surface area contributed by atoms with E-state index < -0.39 is 0 Å². The number of aliphatic hydroxyl groups is 2. The van der Waals surface area contributed by atoms with Gasteiger partial charge in [-0.15, -0.1) is 0 Å². The molecule has 0 atom stereocenters. The number of Topliss-reactive ketones (excluding diaryl/α,β-unsaturated/α-hetero) is 1. The first kappa shape index (κ1) is 21.8. The molecule has 0 radical (unpaired) electrons. The minimum Gasteiger partial charge on any atom is -0.392 e. The highest BCUT2D eigenvalue weighted by molar-refractivity contribution is 6.59. The molecule has 5 rings (SSSR count). The van der Waals surface area contributed by atoms with E-state index in [0.717, 1.165) is 44.5 Å².